The van der Waals surface area contributed by atoms with Crippen molar-refractivity contribution < 1.29 is 9.47 Å². The summed E-state index contributed by atoms with van der Waals surface area (Å²) in [6, 6.07) is 0.390. The highest BCUT2D eigenvalue weighted by molar-refractivity contribution is 5.80. The van der Waals surface area contributed by atoms with Crippen molar-refractivity contribution in [1.29, 1.82) is 0 Å². The minimum Gasteiger partial charge on any atom is -0.383 e. The first kappa shape index (κ1) is 21.5. The molecule has 1 heterocycles. The summed E-state index contributed by atoms with van der Waals surface area (Å²) in [6.07, 6.45) is 3.46. The van der Waals surface area contributed by atoms with E-state index in [0.29, 0.717) is 12.0 Å². The predicted molar refractivity (Wildman–Crippen MR) is 108 cm³/mol. The lowest BCUT2D eigenvalue weighted by atomic mass is 9.56. The third kappa shape index (κ3) is 4.90. The second-order valence-electron chi connectivity index (χ2n) is 8.56. The minimum atomic E-state index is -0.0585. The molecule has 0 amide bonds. The van der Waals surface area contributed by atoms with E-state index in [0.717, 1.165) is 51.7 Å². The molecule has 0 aromatic carbocycles. The van der Waals surface area contributed by atoms with E-state index >= 15 is 0 Å². The number of hydrogen-bond donors (Lipinski definition) is 2. The molecule has 6 nitrogen and oxygen atoms in total. The second-order valence-corrected chi connectivity index (χ2v) is 8.56. The van der Waals surface area contributed by atoms with Crippen LogP contribution in [0.3, 0.4) is 0 Å². The zero-order valence-corrected chi connectivity index (χ0v) is 17.7. The molecule has 0 spiro atoms. The van der Waals surface area contributed by atoms with E-state index in [1.54, 1.807) is 7.11 Å². The van der Waals surface area contributed by atoms with Crippen molar-refractivity contribution in [2.75, 3.05) is 53.6 Å². The number of hydrogen-bond acceptors (Lipinski definition) is 4. The second kappa shape index (κ2) is 9.38. The molecule has 1 saturated carbocycles. The Bertz CT molecular complexity index is 461. The van der Waals surface area contributed by atoms with Gasteiger partial charge in [0, 0.05) is 45.3 Å². The van der Waals surface area contributed by atoms with Crippen LogP contribution in [-0.2, 0) is 9.47 Å². The fourth-order valence-electron chi connectivity index (χ4n) is 4.04. The van der Waals surface area contributed by atoms with Gasteiger partial charge in [-0.25, -0.2) is 0 Å². The van der Waals surface area contributed by atoms with Crippen LogP contribution in [0.2, 0.25) is 0 Å². The van der Waals surface area contributed by atoms with Crippen molar-refractivity contribution in [2.45, 2.75) is 58.6 Å². The van der Waals surface area contributed by atoms with Crippen LogP contribution in [-0.4, -0.2) is 76.1 Å². The summed E-state index contributed by atoms with van der Waals surface area (Å²) < 4.78 is 10.9. The van der Waals surface area contributed by atoms with Crippen LogP contribution in [0.25, 0.3) is 0 Å². The predicted octanol–water partition coefficient (Wildman–Crippen LogP) is 2.10. The quantitative estimate of drug-likeness (QED) is 0.508. The average Bonchev–Trinajstić information content (AvgIpc) is 2.64. The fraction of sp³-hybridized carbons (Fsp3) is 0.950. The van der Waals surface area contributed by atoms with Crippen molar-refractivity contribution >= 4 is 5.96 Å². The number of methoxy groups -OCH3 is 2. The van der Waals surface area contributed by atoms with E-state index in [2.05, 4.69) is 43.2 Å². The van der Waals surface area contributed by atoms with E-state index < -0.39 is 0 Å². The van der Waals surface area contributed by atoms with Crippen molar-refractivity contribution in [3.05, 3.63) is 0 Å². The van der Waals surface area contributed by atoms with Crippen molar-refractivity contribution in [2.24, 2.45) is 16.3 Å². The minimum absolute atomic E-state index is 0.0585. The van der Waals surface area contributed by atoms with Crippen molar-refractivity contribution in [1.82, 2.24) is 15.5 Å². The van der Waals surface area contributed by atoms with Gasteiger partial charge < -0.3 is 25.0 Å². The summed E-state index contributed by atoms with van der Waals surface area (Å²) in [7, 11) is 3.59. The molecule has 0 aromatic rings. The van der Waals surface area contributed by atoms with Crippen LogP contribution >= 0.6 is 0 Å². The number of aliphatic imine (C=N–C) groups is 1. The molecule has 0 radical (unpaired) electrons. The van der Waals surface area contributed by atoms with Crippen LogP contribution in [0.5, 0.6) is 0 Å². The van der Waals surface area contributed by atoms with Gasteiger partial charge >= 0.3 is 0 Å². The monoisotopic (exact) mass is 368 g/mol. The van der Waals surface area contributed by atoms with E-state index in [1.807, 2.05) is 7.11 Å². The molecule has 6 heteroatoms. The molecule has 0 aromatic heterocycles. The number of ether oxygens (including phenoxy) is 2. The first-order valence-corrected chi connectivity index (χ1v) is 10.2. The van der Waals surface area contributed by atoms with Gasteiger partial charge in [-0.15, -0.1) is 0 Å². The smallest absolute Gasteiger partial charge is 0.191 e. The Balaban J connectivity index is 1.83. The topological polar surface area (TPSA) is 58.1 Å². The molecular formula is C20H40N4O2. The van der Waals surface area contributed by atoms with Crippen LogP contribution in [0.15, 0.2) is 4.99 Å². The number of guanidine groups is 1. The van der Waals surface area contributed by atoms with Crippen LogP contribution in [0, 0.1) is 11.3 Å². The molecule has 0 bridgehead atoms. The van der Waals surface area contributed by atoms with Gasteiger partial charge in [-0.3, -0.25) is 4.99 Å². The third-order valence-electron chi connectivity index (χ3n) is 6.76. The number of likely N-dealkylation sites (tertiary alicyclic amines) is 1. The first-order chi connectivity index (χ1) is 12.4. The van der Waals surface area contributed by atoms with Gasteiger partial charge in [0.15, 0.2) is 5.96 Å². The summed E-state index contributed by atoms with van der Waals surface area (Å²) >= 11 is 0. The lowest BCUT2D eigenvalue weighted by molar-refractivity contribution is -0.176. The number of nitrogens with zero attached hydrogens (tertiary/aromatic N) is 2. The Labute approximate surface area is 160 Å². The number of nitrogens with one attached hydrogen (secondary N) is 2. The highest BCUT2D eigenvalue weighted by atomic mass is 16.5. The number of rotatable bonds is 8. The zero-order chi connectivity index (χ0) is 19.2. The molecule has 2 unspecified atom stereocenters. The summed E-state index contributed by atoms with van der Waals surface area (Å²) in [5, 5.41) is 7.05. The molecule has 2 atom stereocenters. The summed E-state index contributed by atoms with van der Waals surface area (Å²) in [5.74, 6) is 1.63. The molecule has 26 heavy (non-hydrogen) atoms. The molecule has 1 saturated heterocycles. The maximum atomic E-state index is 5.74. The maximum absolute atomic E-state index is 5.74. The Kier molecular flexibility index (Phi) is 7.74. The Morgan fingerprint density at radius 1 is 1.19 bits per heavy atom. The molecule has 2 fully saturated rings. The van der Waals surface area contributed by atoms with Gasteiger partial charge in [0.05, 0.1) is 12.2 Å². The normalized spacial score (nSPS) is 30.1. The molecular weight excluding hydrogens is 328 g/mol. The summed E-state index contributed by atoms with van der Waals surface area (Å²) in [6.45, 7) is 14.9. The summed E-state index contributed by atoms with van der Waals surface area (Å²) in [4.78, 5) is 7.39. The van der Waals surface area contributed by atoms with Gasteiger partial charge in [0.2, 0.25) is 0 Å². The van der Waals surface area contributed by atoms with Gasteiger partial charge in [-0.1, -0.05) is 13.8 Å². The Morgan fingerprint density at radius 3 is 2.42 bits per heavy atom. The fourth-order valence-corrected chi connectivity index (χ4v) is 4.04. The van der Waals surface area contributed by atoms with Crippen molar-refractivity contribution in [3.63, 3.8) is 0 Å². The SMILES string of the molecule is CCNC(=NCC1CCN(CCOC)CC1)NC1CC(C)(OC)C1(C)C. The van der Waals surface area contributed by atoms with Gasteiger partial charge in [0.1, 0.15) is 0 Å². The van der Waals surface area contributed by atoms with Crippen LogP contribution in [0.4, 0.5) is 0 Å². The van der Waals surface area contributed by atoms with Crippen molar-refractivity contribution in [3.8, 4) is 0 Å². The highest BCUT2D eigenvalue weighted by Crippen LogP contribution is 2.51. The maximum Gasteiger partial charge on any atom is 0.191 e. The largest absolute Gasteiger partial charge is 0.383 e. The lowest BCUT2D eigenvalue weighted by Crippen LogP contribution is -2.69. The number of piperidine rings is 1. The standard InChI is InChI=1S/C20H40N4O2/c1-7-21-18(23-17-14-20(4,26-6)19(17,2)3)22-15-16-8-10-24(11-9-16)12-13-25-5/h16-17H,7-15H2,1-6H3,(H2,21,22,23). The summed E-state index contributed by atoms with van der Waals surface area (Å²) in [5.41, 5.74) is 0.0294. The molecule has 1 aliphatic carbocycles. The average molecular weight is 369 g/mol. The van der Waals surface area contributed by atoms with E-state index in [4.69, 9.17) is 14.5 Å². The van der Waals surface area contributed by atoms with E-state index in [1.165, 1.54) is 12.8 Å². The first-order valence-electron chi connectivity index (χ1n) is 10.2. The van der Waals surface area contributed by atoms with Gasteiger partial charge in [-0.2, -0.15) is 0 Å². The Morgan fingerprint density at radius 2 is 1.88 bits per heavy atom. The molecule has 2 aliphatic rings. The highest BCUT2D eigenvalue weighted by Gasteiger charge is 2.58. The zero-order valence-electron chi connectivity index (χ0n) is 17.7. The Hall–Kier alpha value is -0.850. The van der Waals surface area contributed by atoms with Crippen LogP contribution < -0.4 is 10.6 Å². The van der Waals surface area contributed by atoms with E-state index in [9.17, 15) is 0 Å². The lowest BCUT2D eigenvalue weighted by Gasteiger charge is -2.59. The molecule has 152 valence electrons. The van der Waals surface area contributed by atoms with Gasteiger partial charge in [-0.05, 0) is 52.1 Å². The van der Waals surface area contributed by atoms with Gasteiger partial charge in [0.25, 0.3) is 0 Å². The molecule has 1 aliphatic heterocycles. The van der Waals surface area contributed by atoms with Crippen LogP contribution in [0.1, 0.15) is 47.0 Å². The van der Waals surface area contributed by atoms with E-state index in [-0.39, 0.29) is 11.0 Å². The third-order valence-corrected chi connectivity index (χ3v) is 6.76. The molecule has 2 N–H and O–H groups in total. The molecule has 2 rings (SSSR count).